The normalized spacial score (nSPS) is 15.6. The lowest BCUT2D eigenvalue weighted by Gasteiger charge is -2.12. The van der Waals surface area contributed by atoms with E-state index >= 15 is 0 Å². The highest BCUT2D eigenvalue weighted by Gasteiger charge is 2.07. The van der Waals surface area contributed by atoms with Crippen molar-refractivity contribution in [3.8, 4) is 5.75 Å². The van der Waals surface area contributed by atoms with E-state index in [0.717, 1.165) is 36.2 Å². The molecule has 0 aromatic heterocycles. The SMILES string of the molecule is Brc1ccc(OCCNC2CC=CC2)cc1. The molecule has 1 aliphatic rings. The van der Waals surface area contributed by atoms with Crippen molar-refractivity contribution in [1.29, 1.82) is 0 Å². The second-order valence-corrected chi connectivity index (χ2v) is 4.81. The molecule has 0 fully saturated rings. The molecule has 0 spiro atoms. The standard InChI is InChI=1S/C13H16BrNO/c14-11-5-7-13(8-6-11)16-10-9-15-12-3-1-2-4-12/h1-2,5-8,12,15H,3-4,9-10H2. The van der Waals surface area contributed by atoms with Crippen molar-refractivity contribution in [1.82, 2.24) is 5.32 Å². The molecular formula is C13H16BrNO. The van der Waals surface area contributed by atoms with E-state index in [1.807, 2.05) is 24.3 Å². The van der Waals surface area contributed by atoms with Crippen LogP contribution in [0.25, 0.3) is 0 Å². The number of hydrogen-bond acceptors (Lipinski definition) is 2. The van der Waals surface area contributed by atoms with E-state index in [1.54, 1.807) is 0 Å². The summed E-state index contributed by atoms with van der Waals surface area (Å²) in [7, 11) is 0. The maximum atomic E-state index is 5.62. The third kappa shape index (κ3) is 3.65. The van der Waals surface area contributed by atoms with Crippen LogP contribution in [0.15, 0.2) is 40.9 Å². The lowest BCUT2D eigenvalue weighted by atomic mass is 10.2. The molecular weight excluding hydrogens is 266 g/mol. The van der Waals surface area contributed by atoms with E-state index in [0.29, 0.717) is 6.04 Å². The van der Waals surface area contributed by atoms with Crippen LogP contribution in [-0.2, 0) is 0 Å². The van der Waals surface area contributed by atoms with E-state index in [1.165, 1.54) is 0 Å². The molecule has 0 unspecified atom stereocenters. The minimum atomic E-state index is 0.619. The smallest absolute Gasteiger partial charge is 0.119 e. The highest BCUT2D eigenvalue weighted by molar-refractivity contribution is 9.10. The van der Waals surface area contributed by atoms with Gasteiger partial charge >= 0.3 is 0 Å². The third-order valence-corrected chi connectivity index (χ3v) is 3.15. The van der Waals surface area contributed by atoms with Gasteiger partial charge < -0.3 is 10.1 Å². The summed E-state index contributed by atoms with van der Waals surface area (Å²) in [4.78, 5) is 0. The van der Waals surface area contributed by atoms with Crippen LogP contribution in [0.2, 0.25) is 0 Å². The second-order valence-electron chi connectivity index (χ2n) is 3.90. The number of nitrogens with one attached hydrogen (secondary N) is 1. The Morgan fingerprint density at radius 1 is 1.19 bits per heavy atom. The van der Waals surface area contributed by atoms with Gasteiger partial charge in [-0.25, -0.2) is 0 Å². The summed E-state index contributed by atoms with van der Waals surface area (Å²) < 4.78 is 6.70. The van der Waals surface area contributed by atoms with Crippen molar-refractivity contribution >= 4 is 15.9 Å². The highest BCUT2D eigenvalue weighted by Crippen LogP contribution is 2.15. The molecule has 1 N–H and O–H groups in total. The molecule has 1 aliphatic carbocycles. The van der Waals surface area contributed by atoms with E-state index in [9.17, 15) is 0 Å². The number of benzene rings is 1. The molecule has 16 heavy (non-hydrogen) atoms. The zero-order valence-corrected chi connectivity index (χ0v) is 10.7. The van der Waals surface area contributed by atoms with Crippen LogP contribution in [0.4, 0.5) is 0 Å². The quantitative estimate of drug-likeness (QED) is 0.661. The first-order valence-electron chi connectivity index (χ1n) is 5.61. The van der Waals surface area contributed by atoms with Gasteiger partial charge in [-0.15, -0.1) is 0 Å². The maximum absolute atomic E-state index is 5.62. The molecule has 0 radical (unpaired) electrons. The third-order valence-electron chi connectivity index (χ3n) is 2.63. The minimum absolute atomic E-state index is 0.619. The molecule has 0 heterocycles. The summed E-state index contributed by atoms with van der Waals surface area (Å²) in [6.07, 6.45) is 6.76. The summed E-state index contributed by atoms with van der Waals surface area (Å²) >= 11 is 3.40. The average Bonchev–Trinajstić information content (AvgIpc) is 2.80. The first kappa shape index (κ1) is 11.7. The van der Waals surface area contributed by atoms with Gasteiger partial charge in [0, 0.05) is 17.1 Å². The number of halogens is 1. The zero-order chi connectivity index (χ0) is 11.2. The van der Waals surface area contributed by atoms with Gasteiger partial charge in [-0.3, -0.25) is 0 Å². The van der Waals surface area contributed by atoms with Crippen LogP contribution in [0.3, 0.4) is 0 Å². The molecule has 0 amide bonds. The van der Waals surface area contributed by atoms with Crippen molar-refractivity contribution in [2.45, 2.75) is 18.9 Å². The van der Waals surface area contributed by atoms with Crippen molar-refractivity contribution in [3.05, 3.63) is 40.9 Å². The Morgan fingerprint density at radius 2 is 1.88 bits per heavy atom. The molecule has 2 nitrogen and oxygen atoms in total. The van der Waals surface area contributed by atoms with Crippen LogP contribution in [-0.4, -0.2) is 19.2 Å². The monoisotopic (exact) mass is 281 g/mol. The van der Waals surface area contributed by atoms with Crippen molar-refractivity contribution in [2.24, 2.45) is 0 Å². The summed E-state index contributed by atoms with van der Waals surface area (Å²) in [5.74, 6) is 0.926. The molecule has 0 bridgehead atoms. The predicted octanol–water partition coefficient (Wildman–Crippen LogP) is 3.14. The van der Waals surface area contributed by atoms with Gasteiger partial charge in [0.1, 0.15) is 12.4 Å². The van der Waals surface area contributed by atoms with Crippen LogP contribution >= 0.6 is 15.9 Å². The Kier molecular flexibility index (Phi) is 4.43. The lowest BCUT2D eigenvalue weighted by Crippen LogP contribution is -2.30. The van der Waals surface area contributed by atoms with Gasteiger partial charge in [0.25, 0.3) is 0 Å². The number of ether oxygens (including phenoxy) is 1. The Morgan fingerprint density at radius 3 is 2.56 bits per heavy atom. The van der Waals surface area contributed by atoms with Crippen LogP contribution in [0.5, 0.6) is 5.75 Å². The average molecular weight is 282 g/mol. The van der Waals surface area contributed by atoms with E-state index in [2.05, 4.69) is 33.4 Å². The van der Waals surface area contributed by atoms with Gasteiger partial charge in [-0.1, -0.05) is 28.1 Å². The summed E-state index contributed by atoms with van der Waals surface area (Å²) in [5, 5.41) is 3.47. The highest BCUT2D eigenvalue weighted by atomic mass is 79.9. The zero-order valence-electron chi connectivity index (χ0n) is 9.16. The minimum Gasteiger partial charge on any atom is -0.492 e. The fraction of sp³-hybridized carbons (Fsp3) is 0.385. The predicted molar refractivity (Wildman–Crippen MR) is 69.8 cm³/mol. The number of rotatable bonds is 5. The van der Waals surface area contributed by atoms with E-state index in [4.69, 9.17) is 4.74 Å². The molecule has 1 aromatic carbocycles. The molecule has 0 atom stereocenters. The molecule has 0 saturated heterocycles. The molecule has 86 valence electrons. The molecule has 0 aliphatic heterocycles. The Balaban J connectivity index is 1.62. The van der Waals surface area contributed by atoms with E-state index in [-0.39, 0.29) is 0 Å². The summed E-state index contributed by atoms with van der Waals surface area (Å²) in [6.45, 7) is 1.63. The first-order valence-corrected chi connectivity index (χ1v) is 6.40. The van der Waals surface area contributed by atoms with Gasteiger partial charge in [0.2, 0.25) is 0 Å². The summed E-state index contributed by atoms with van der Waals surface area (Å²) in [5.41, 5.74) is 0. The molecule has 2 rings (SSSR count). The Hall–Kier alpha value is -0.800. The van der Waals surface area contributed by atoms with Crippen LogP contribution < -0.4 is 10.1 Å². The van der Waals surface area contributed by atoms with Crippen LogP contribution in [0.1, 0.15) is 12.8 Å². The fourth-order valence-electron chi connectivity index (χ4n) is 1.75. The molecule has 1 aromatic rings. The second kappa shape index (κ2) is 6.06. The summed E-state index contributed by atoms with van der Waals surface area (Å²) in [6, 6.07) is 8.55. The maximum Gasteiger partial charge on any atom is 0.119 e. The Labute approximate surface area is 105 Å². The lowest BCUT2D eigenvalue weighted by molar-refractivity contribution is 0.306. The fourth-order valence-corrected chi connectivity index (χ4v) is 2.01. The van der Waals surface area contributed by atoms with Crippen molar-refractivity contribution < 1.29 is 4.74 Å². The molecule has 3 heteroatoms. The topological polar surface area (TPSA) is 21.3 Å². The largest absolute Gasteiger partial charge is 0.492 e. The number of hydrogen-bond donors (Lipinski definition) is 1. The van der Waals surface area contributed by atoms with Gasteiger partial charge in [0.05, 0.1) is 0 Å². The molecule has 0 saturated carbocycles. The van der Waals surface area contributed by atoms with Gasteiger partial charge in [-0.2, -0.15) is 0 Å². The van der Waals surface area contributed by atoms with Crippen LogP contribution in [0, 0.1) is 0 Å². The van der Waals surface area contributed by atoms with E-state index < -0.39 is 0 Å². The Bertz CT molecular complexity index is 339. The first-order chi connectivity index (χ1) is 7.84. The van der Waals surface area contributed by atoms with Gasteiger partial charge in [-0.05, 0) is 37.1 Å². The van der Waals surface area contributed by atoms with Crippen molar-refractivity contribution in [3.63, 3.8) is 0 Å². The van der Waals surface area contributed by atoms with Crippen molar-refractivity contribution in [2.75, 3.05) is 13.2 Å². The van der Waals surface area contributed by atoms with Gasteiger partial charge in [0.15, 0.2) is 0 Å².